The van der Waals surface area contributed by atoms with Crippen LogP contribution in [0.25, 0.3) is 0 Å². The number of alkyl halides is 2. The van der Waals surface area contributed by atoms with Crippen LogP contribution in [0.3, 0.4) is 0 Å². The van der Waals surface area contributed by atoms with Gasteiger partial charge >= 0.3 is 49.9 Å². The fourth-order valence-electron chi connectivity index (χ4n) is 0.0976. The Morgan fingerprint density at radius 1 is 1.71 bits per heavy atom. The zero-order valence-corrected chi connectivity index (χ0v) is 6.44. The summed E-state index contributed by atoms with van der Waals surface area (Å²) in [6.45, 7) is 0. The summed E-state index contributed by atoms with van der Waals surface area (Å²) in [5.74, 6) is 1.57. The van der Waals surface area contributed by atoms with Gasteiger partial charge in [-0.2, -0.15) is 0 Å². The molecule has 0 atom stereocenters. The summed E-state index contributed by atoms with van der Waals surface area (Å²) in [5, 5.41) is 7.92. The molecule has 0 aliphatic heterocycles. The van der Waals surface area contributed by atoms with E-state index in [1.54, 1.807) is 5.97 Å². The van der Waals surface area contributed by atoms with Crippen LogP contribution in [0.5, 0.6) is 0 Å². The second-order valence-electron chi connectivity index (χ2n) is 1.24. The third kappa shape index (κ3) is 2.86. The molecule has 0 saturated carbocycles. The van der Waals surface area contributed by atoms with Gasteiger partial charge in [0.1, 0.15) is 0 Å². The molecule has 0 aromatic rings. The van der Waals surface area contributed by atoms with Gasteiger partial charge < -0.3 is 0 Å². The number of nitrogens with zero attached hydrogens (tertiary/aromatic N) is 1. The molecular formula is C3H6BFIN. The molecule has 0 aliphatic rings. The Kier molecular flexibility index (Phi) is 3.35. The van der Waals surface area contributed by atoms with Crippen LogP contribution in [0, 0.1) is 11.2 Å². The Hall–Kier alpha value is 0.215. The Labute approximate surface area is 50.1 Å². The average Bonchev–Trinajstić information content (AvgIpc) is 1.65. The molecule has 0 radical (unpaired) electrons. The fraction of sp³-hybridized carbons (Fsp3) is 0.667. The molecule has 0 aromatic heterocycles. The van der Waals surface area contributed by atoms with Crippen LogP contribution in [-0.2, 0) is 0 Å². The van der Waals surface area contributed by atoms with Crippen LogP contribution in [-0.4, -0.2) is 14.7 Å². The van der Waals surface area contributed by atoms with E-state index in [0.717, 1.165) is 0 Å². The van der Waals surface area contributed by atoms with Crippen molar-refractivity contribution in [2.45, 2.75) is 0 Å². The normalized spacial score (nSPS) is 9.71. The number of rotatable bonds is 1. The predicted octanol–water partition coefficient (Wildman–Crippen LogP) is 1.27. The van der Waals surface area contributed by atoms with Crippen LogP contribution in [0.4, 0.5) is 4.32 Å². The molecule has 0 rings (SSSR count). The quantitative estimate of drug-likeness (QED) is 0.365. The molecule has 0 spiro atoms. The van der Waals surface area contributed by atoms with Crippen molar-refractivity contribution in [1.82, 2.24) is 0 Å². The van der Waals surface area contributed by atoms with Crippen molar-refractivity contribution in [3.63, 3.8) is 0 Å². The first-order chi connectivity index (χ1) is 3.18. The van der Waals surface area contributed by atoms with Gasteiger partial charge in [-0.05, 0) is 0 Å². The average molecular weight is 213 g/mol. The van der Waals surface area contributed by atoms with Crippen molar-refractivity contribution in [1.29, 1.82) is 5.26 Å². The van der Waals surface area contributed by atoms with Crippen LogP contribution >= 0.6 is 19.6 Å². The Bertz CT molecular complexity index is 89.4. The standard InChI is InChI=1S/C3H6BFIN/c1-6(2)4(5)3-7/h1-2H3. The molecule has 0 N–H and O–H groups in total. The van der Waals surface area contributed by atoms with Gasteiger partial charge in [0, 0.05) is 0 Å². The maximum absolute atomic E-state index is 12.0. The molecule has 4 heteroatoms. The molecule has 0 aliphatic carbocycles. The molecular weight excluding hydrogens is 207 g/mol. The summed E-state index contributed by atoms with van der Waals surface area (Å²) in [7, 11) is 0. The van der Waals surface area contributed by atoms with E-state index >= 15 is 0 Å². The molecule has 0 aromatic carbocycles. The molecule has 1 nitrogen and oxygen atoms in total. The van der Waals surface area contributed by atoms with Gasteiger partial charge in [-0.3, -0.25) is 0 Å². The van der Waals surface area contributed by atoms with Crippen molar-refractivity contribution >= 4 is 24.4 Å². The summed E-state index contributed by atoms with van der Waals surface area (Å²) < 4.78 is 12.0. The summed E-state index contributed by atoms with van der Waals surface area (Å²) in [4.78, 5) is 2.53. The third-order valence-electron chi connectivity index (χ3n) is 0.481. The van der Waals surface area contributed by atoms with Crippen molar-refractivity contribution in [3.8, 4) is 5.97 Å². The molecule has 0 amide bonds. The van der Waals surface area contributed by atoms with Gasteiger partial charge in [0.15, 0.2) is 0 Å². The Morgan fingerprint density at radius 3 is 2.14 bits per heavy atom. The summed E-state index contributed by atoms with van der Waals surface area (Å²) >= 11 is -1.44. The van der Waals surface area contributed by atoms with E-state index in [2.05, 4.69) is 0 Å². The number of nitriles is 1. The zero-order valence-electron chi connectivity index (χ0n) is 4.28. The molecule has 40 valence electrons. The van der Waals surface area contributed by atoms with Gasteiger partial charge in [-0.15, -0.1) is 0 Å². The van der Waals surface area contributed by atoms with E-state index in [1.807, 2.05) is 9.86 Å². The molecule has 0 heterocycles. The first-order valence-corrected chi connectivity index (χ1v) is 7.27. The van der Waals surface area contributed by atoms with Crippen molar-refractivity contribution in [2.24, 2.45) is 0 Å². The number of halogens is 2. The second-order valence-corrected chi connectivity index (χ2v) is 6.99. The summed E-state index contributed by atoms with van der Waals surface area (Å²) in [5.41, 5.74) is 0. The summed E-state index contributed by atoms with van der Waals surface area (Å²) in [6, 6.07) is 0. The van der Waals surface area contributed by atoms with E-state index in [4.69, 9.17) is 5.26 Å². The van der Waals surface area contributed by atoms with Gasteiger partial charge in [0.2, 0.25) is 0 Å². The monoisotopic (exact) mass is 213 g/mol. The van der Waals surface area contributed by atoms with Gasteiger partial charge in [0.05, 0.1) is 0 Å². The van der Waals surface area contributed by atoms with E-state index in [0.29, 0.717) is 0 Å². The molecule has 7 heavy (non-hydrogen) atoms. The first kappa shape index (κ1) is 7.21. The molecule has 0 bridgehead atoms. The predicted molar refractivity (Wildman–Crippen MR) is 38.3 cm³/mol. The minimum absolute atomic E-state index is 1.14. The molecule has 0 saturated heterocycles. The molecule has 0 fully saturated rings. The molecule has 0 unspecified atom stereocenters. The SMILES string of the molecule is CI(C)B(F)C#N. The third-order valence-corrected chi connectivity index (χ3v) is 2.95. The van der Waals surface area contributed by atoms with Crippen LogP contribution in [0.2, 0.25) is 0 Å². The van der Waals surface area contributed by atoms with Crippen LogP contribution in [0.1, 0.15) is 0 Å². The second kappa shape index (κ2) is 3.25. The van der Waals surface area contributed by atoms with Gasteiger partial charge in [0.25, 0.3) is 0 Å². The van der Waals surface area contributed by atoms with Crippen LogP contribution < -0.4 is 0 Å². The van der Waals surface area contributed by atoms with E-state index in [9.17, 15) is 4.32 Å². The minimum atomic E-state index is -1.44. The van der Waals surface area contributed by atoms with Crippen molar-refractivity contribution < 1.29 is 4.32 Å². The van der Waals surface area contributed by atoms with Crippen LogP contribution in [0.15, 0.2) is 0 Å². The number of hydrogen-bond acceptors (Lipinski definition) is 1. The Balaban J connectivity index is 3.40. The van der Waals surface area contributed by atoms with E-state index in [1.165, 1.54) is 0 Å². The van der Waals surface area contributed by atoms with E-state index < -0.39 is 24.4 Å². The van der Waals surface area contributed by atoms with Crippen molar-refractivity contribution in [2.75, 3.05) is 9.86 Å². The fourth-order valence-corrected chi connectivity index (χ4v) is 0.655. The van der Waals surface area contributed by atoms with Gasteiger partial charge in [-0.25, -0.2) is 0 Å². The van der Waals surface area contributed by atoms with E-state index in [-0.39, 0.29) is 0 Å². The first-order valence-electron chi connectivity index (χ1n) is 1.70. The van der Waals surface area contributed by atoms with Gasteiger partial charge in [-0.1, -0.05) is 0 Å². The Morgan fingerprint density at radius 2 is 2.14 bits per heavy atom. The topological polar surface area (TPSA) is 23.8 Å². The summed E-state index contributed by atoms with van der Waals surface area (Å²) in [6.07, 6.45) is 0. The number of hydrogen-bond donors (Lipinski definition) is 0. The zero-order chi connectivity index (χ0) is 5.86. The van der Waals surface area contributed by atoms with Crippen molar-refractivity contribution in [3.05, 3.63) is 0 Å². The maximum atomic E-state index is 12.0.